The van der Waals surface area contributed by atoms with E-state index in [0.717, 1.165) is 12.8 Å². The predicted octanol–water partition coefficient (Wildman–Crippen LogP) is 1.91. The van der Waals surface area contributed by atoms with E-state index in [1.807, 2.05) is 20.8 Å². The number of fused-ring (bicyclic) bond motifs is 2. The summed E-state index contributed by atoms with van der Waals surface area (Å²) in [6.07, 6.45) is 2.72. The molecule has 1 aliphatic carbocycles. The topological polar surface area (TPSA) is 72.9 Å². The standard InChI is InChI=1S/C18H27NO5/c1-5-23-13(20)12-7-6-10-19(11-12)14(21)18-9-8-17(4,15(22)24-18)16(18,2)3/h12H,5-11H2,1-4H3/t12-,17+,18+/m0/s1. The number of hydrogen-bond donors (Lipinski definition) is 0. The normalized spacial score (nSPS) is 37.2. The van der Waals surface area contributed by atoms with Gasteiger partial charge < -0.3 is 14.4 Å². The first-order valence-electron chi connectivity index (χ1n) is 8.89. The van der Waals surface area contributed by atoms with E-state index < -0.39 is 16.4 Å². The summed E-state index contributed by atoms with van der Waals surface area (Å²) < 4.78 is 10.8. The van der Waals surface area contributed by atoms with Crippen LogP contribution in [0.4, 0.5) is 0 Å². The smallest absolute Gasteiger partial charge is 0.313 e. The molecule has 2 saturated heterocycles. The van der Waals surface area contributed by atoms with Gasteiger partial charge in [0.2, 0.25) is 0 Å². The van der Waals surface area contributed by atoms with Gasteiger partial charge in [0, 0.05) is 18.5 Å². The Bertz CT molecular complexity index is 586. The summed E-state index contributed by atoms with van der Waals surface area (Å²) in [6, 6.07) is 0. The van der Waals surface area contributed by atoms with Gasteiger partial charge in [0.25, 0.3) is 5.91 Å². The van der Waals surface area contributed by atoms with Gasteiger partial charge >= 0.3 is 11.9 Å². The minimum Gasteiger partial charge on any atom is -0.466 e. The molecule has 6 heteroatoms. The number of likely N-dealkylation sites (tertiary alicyclic amines) is 1. The SMILES string of the molecule is CCOC(=O)[C@H]1CCCN(C(=O)[C@@]23CC[C@](C)(C(=O)O2)C3(C)C)C1. The highest BCUT2D eigenvalue weighted by molar-refractivity contribution is 5.96. The van der Waals surface area contributed by atoms with Crippen LogP contribution in [-0.4, -0.2) is 48.0 Å². The van der Waals surface area contributed by atoms with Crippen LogP contribution in [0.5, 0.6) is 0 Å². The van der Waals surface area contributed by atoms with Crippen molar-refractivity contribution < 1.29 is 23.9 Å². The lowest BCUT2D eigenvalue weighted by molar-refractivity contribution is -0.176. The van der Waals surface area contributed by atoms with Gasteiger partial charge in [-0.2, -0.15) is 0 Å². The molecule has 0 N–H and O–H groups in total. The van der Waals surface area contributed by atoms with Gasteiger partial charge in [0.1, 0.15) is 0 Å². The molecular formula is C18H27NO5. The molecule has 2 aliphatic heterocycles. The number of amides is 1. The van der Waals surface area contributed by atoms with Crippen molar-refractivity contribution in [2.24, 2.45) is 16.7 Å². The maximum atomic E-state index is 13.3. The van der Waals surface area contributed by atoms with Crippen molar-refractivity contribution in [2.75, 3.05) is 19.7 Å². The Kier molecular flexibility index (Phi) is 3.92. The average Bonchev–Trinajstić information content (AvgIpc) is 2.85. The third-order valence-electron chi connectivity index (χ3n) is 6.76. The third kappa shape index (κ3) is 2.04. The monoisotopic (exact) mass is 337 g/mol. The zero-order valence-electron chi connectivity index (χ0n) is 15.0. The van der Waals surface area contributed by atoms with E-state index in [1.54, 1.807) is 11.8 Å². The van der Waals surface area contributed by atoms with Crippen molar-refractivity contribution in [3.63, 3.8) is 0 Å². The van der Waals surface area contributed by atoms with Gasteiger partial charge in [-0.1, -0.05) is 13.8 Å². The second-order valence-corrected chi connectivity index (χ2v) is 8.02. The molecule has 0 aromatic carbocycles. The first kappa shape index (κ1) is 17.2. The number of carbonyl (C=O) groups excluding carboxylic acids is 3. The van der Waals surface area contributed by atoms with Crippen LogP contribution in [0, 0.1) is 16.7 Å². The second kappa shape index (κ2) is 5.46. The van der Waals surface area contributed by atoms with E-state index in [-0.39, 0.29) is 23.8 Å². The molecule has 2 heterocycles. The molecule has 134 valence electrons. The molecule has 3 rings (SSSR count). The zero-order valence-corrected chi connectivity index (χ0v) is 15.0. The fraction of sp³-hybridized carbons (Fsp3) is 0.833. The summed E-state index contributed by atoms with van der Waals surface area (Å²) in [7, 11) is 0. The van der Waals surface area contributed by atoms with E-state index >= 15 is 0 Å². The highest BCUT2D eigenvalue weighted by Gasteiger charge is 2.76. The summed E-state index contributed by atoms with van der Waals surface area (Å²) >= 11 is 0. The van der Waals surface area contributed by atoms with Crippen LogP contribution in [0.25, 0.3) is 0 Å². The van der Waals surface area contributed by atoms with Gasteiger partial charge in [-0.15, -0.1) is 0 Å². The maximum Gasteiger partial charge on any atom is 0.313 e. The molecular weight excluding hydrogens is 310 g/mol. The Labute approximate surface area is 142 Å². The number of nitrogens with zero attached hydrogens (tertiary/aromatic N) is 1. The summed E-state index contributed by atoms with van der Waals surface area (Å²) in [4.78, 5) is 39.4. The third-order valence-corrected chi connectivity index (χ3v) is 6.76. The molecule has 3 atom stereocenters. The number of esters is 2. The Morgan fingerprint density at radius 1 is 1.29 bits per heavy atom. The molecule has 24 heavy (non-hydrogen) atoms. The predicted molar refractivity (Wildman–Crippen MR) is 85.9 cm³/mol. The first-order chi connectivity index (χ1) is 11.2. The van der Waals surface area contributed by atoms with E-state index in [9.17, 15) is 14.4 Å². The number of piperidine rings is 1. The van der Waals surface area contributed by atoms with Crippen molar-refractivity contribution in [2.45, 2.75) is 59.0 Å². The number of hydrogen-bond acceptors (Lipinski definition) is 5. The Morgan fingerprint density at radius 3 is 2.54 bits per heavy atom. The molecule has 0 spiro atoms. The highest BCUT2D eigenvalue weighted by atomic mass is 16.6. The number of ether oxygens (including phenoxy) is 2. The van der Waals surface area contributed by atoms with Crippen LogP contribution in [0.2, 0.25) is 0 Å². The van der Waals surface area contributed by atoms with Crippen molar-refractivity contribution in [3.05, 3.63) is 0 Å². The first-order valence-corrected chi connectivity index (χ1v) is 8.89. The minimum atomic E-state index is -1.09. The Morgan fingerprint density at radius 2 is 2.00 bits per heavy atom. The van der Waals surface area contributed by atoms with Gasteiger partial charge in [-0.25, -0.2) is 0 Å². The van der Waals surface area contributed by atoms with Gasteiger partial charge in [0.05, 0.1) is 17.9 Å². The average molecular weight is 337 g/mol. The van der Waals surface area contributed by atoms with Crippen LogP contribution in [0.15, 0.2) is 0 Å². The minimum absolute atomic E-state index is 0.143. The molecule has 0 aromatic rings. The van der Waals surface area contributed by atoms with Crippen molar-refractivity contribution >= 4 is 17.8 Å². The van der Waals surface area contributed by atoms with Crippen molar-refractivity contribution in [1.29, 1.82) is 0 Å². The van der Waals surface area contributed by atoms with Crippen LogP contribution in [0.1, 0.15) is 53.4 Å². The summed E-state index contributed by atoms with van der Waals surface area (Å²) in [5.74, 6) is -0.944. The molecule has 1 amide bonds. The van der Waals surface area contributed by atoms with Crippen LogP contribution < -0.4 is 0 Å². The summed E-state index contributed by atoms with van der Waals surface area (Å²) in [5.41, 5.74) is -2.25. The van der Waals surface area contributed by atoms with E-state index in [0.29, 0.717) is 32.5 Å². The quantitative estimate of drug-likeness (QED) is 0.736. The van der Waals surface area contributed by atoms with Crippen molar-refractivity contribution in [1.82, 2.24) is 4.90 Å². The van der Waals surface area contributed by atoms with Gasteiger partial charge in [-0.3, -0.25) is 14.4 Å². The molecule has 0 unspecified atom stereocenters. The molecule has 0 aromatic heterocycles. The zero-order chi connectivity index (χ0) is 17.8. The lowest BCUT2D eigenvalue weighted by atomic mass is 9.66. The van der Waals surface area contributed by atoms with E-state index in [2.05, 4.69) is 0 Å². The lowest BCUT2D eigenvalue weighted by Gasteiger charge is -2.41. The largest absolute Gasteiger partial charge is 0.466 e. The summed E-state index contributed by atoms with van der Waals surface area (Å²) in [6.45, 7) is 8.88. The summed E-state index contributed by atoms with van der Waals surface area (Å²) in [5, 5.41) is 0. The fourth-order valence-electron chi connectivity index (χ4n) is 4.59. The van der Waals surface area contributed by atoms with Gasteiger partial charge in [-0.05, 0) is 39.5 Å². The number of carbonyl (C=O) groups is 3. The maximum absolute atomic E-state index is 13.3. The molecule has 3 aliphatic rings. The van der Waals surface area contributed by atoms with E-state index in [4.69, 9.17) is 9.47 Å². The highest BCUT2D eigenvalue weighted by Crippen LogP contribution is 2.66. The molecule has 1 saturated carbocycles. The number of rotatable bonds is 3. The Hall–Kier alpha value is -1.59. The molecule has 2 bridgehead atoms. The second-order valence-electron chi connectivity index (χ2n) is 8.02. The molecule has 6 nitrogen and oxygen atoms in total. The van der Waals surface area contributed by atoms with Crippen LogP contribution in [0.3, 0.4) is 0 Å². The van der Waals surface area contributed by atoms with Crippen molar-refractivity contribution in [3.8, 4) is 0 Å². The lowest BCUT2D eigenvalue weighted by Crippen LogP contribution is -2.57. The van der Waals surface area contributed by atoms with E-state index in [1.165, 1.54) is 0 Å². The molecule has 0 radical (unpaired) electrons. The van der Waals surface area contributed by atoms with Crippen LogP contribution >= 0.6 is 0 Å². The van der Waals surface area contributed by atoms with Crippen LogP contribution in [-0.2, 0) is 23.9 Å². The van der Waals surface area contributed by atoms with Gasteiger partial charge in [0.15, 0.2) is 5.60 Å². The fourth-order valence-corrected chi connectivity index (χ4v) is 4.59. The molecule has 3 fully saturated rings. The Balaban J connectivity index is 1.82.